The molecule has 0 bridgehead atoms. The Bertz CT molecular complexity index is 203. The molecule has 0 heterocycles. The lowest BCUT2D eigenvalue weighted by Crippen LogP contribution is -2.48. The first-order valence-corrected chi connectivity index (χ1v) is 8.08. The van der Waals surface area contributed by atoms with Crippen LogP contribution in [0.1, 0.15) is 65.7 Å². The Morgan fingerprint density at radius 3 is 2.56 bits per heavy atom. The van der Waals surface area contributed by atoms with Crippen molar-refractivity contribution in [1.82, 2.24) is 10.2 Å². The normalized spacial score (nSPS) is 25.7. The van der Waals surface area contributed by atoms with Gasteiger partial charge in [0.2, 0.25) is 0 Å². The molecular weight excluding hydrogens is 220 g/mol. The predicted molar refractivity (Wildman–Crippen MR) is 81.0 cm³/mol. The highest BCUT2D eigenvalue weighted by molar-refractivity contribution is 4.85. The van der Waals surface area contributed by atoms with E-state index in [9.17, 15) is 0 Å². The molecule has 0 spiro atoms. The Balaban J connectivity index is 2.48. The van der Waals surface area contributed by atoms with Gasteiger partial charge in [-0.05, 0) is 51.7 Å². The van der Waals surface area contributed by atoms with Crippen LogP contribution in [0.3, 0.4) is 0 Å². The minimum Gasteiger partial charge on any atom is -0.312 e. The van der Waals surface area contributed by atoms with Crippen LogP contribution in [0.15, 0.2) is 0 Å². The average Bonchev–Trinajstić information content (AvgIpc) is 2.58. The van der Waals surface area contributed by atoms with Crippen LogP contribution in [-0.4, -0.2) is 37.1 Å². The highest BCUT2D eigenvalue weighted by atomic mass is 15.2. The second-order valence-electron chi connectivity index (χ2n) is 6.43. The maximum absolute atomic E-state index is 3.79. The third kappa shape index (κ3) is 5.71. The van der Waals surface area contributed by atoms with Crippen molar-refractivity contribution in [2.75, 3.05) is 20.1 Å². The zero-order valence-electron chi connectivity index (χ0n) is 13.0. The molecule has 0 aromatic heterocycles. The molecule has 1 aliphatic rings. The molecule has 2 heteroatoms. The summed E-state index contributed by atoms with van der Waals surface area (Å²) in [7, 11) is 2.33. The van der Waals surface area contributed by atoms with E-state index in [0.29, 0.717) is 0 Å². The number of nitrogens with zero attached hydrogens (tertiary/aromatic N) is 1. The van der Waals surface area contributed by atoms with Gasteiger partial charge < -0.3 is 10.2 Å². The third-order valence-corrected chi connectivity index (χ3v) is 4.26. The molecule has 1 saturated carbocycles. The minimum absolute atomic E-state index is 0.726. The summed E-state index contributed by atoms with van der Waals surface area (Å²) in [5.41, 5.74) is 0. The summed E-state index contributed by atoms with van der Waals surface area (Å²) in [6, 6.07) is 1.49. The van der Waals surface area contributed by atoms with E-state index in [2.05, 4.69) is 38.0 Å². The quantitative estimate of drug-likeness (QED) is 0.697. The molecular formula is C16H34N2. The Morgan fingerprint density at radius 1 is 1.17 bits per heavy atom. The molecule has 0 saturated heterocycles. The van der Waals surface area contributed by atoms with Crippen LogP contribution in [0, 0.1) is 5.92 Å². The summed E-state index contributed by atoms with van der Waals surface area (Å²) in [5.74, 6) is 0.820. The van der Waals surface area contributed by atoms with Gasteiger partial charge in [0.15, 0.2) is 0 Å². The van der Waals surface area contributed by atoms with E-state index in [1.165, 1.54) is 58.0 Å². The Kier molecular flexibility index (Phi) is 7.92. The summed E-state index contributed by atoms with van der Waals surface area (Å²) in [6.45, 7) is 9.36. The summed E-state index contributed by atoms with van der Waals surface area (Å²) >= 11 is 0. The molecule has 2 unspecified atom stereocenters. The Hall–Kier alpha value is -0.0800. The second-order valence-corrected chi connectivity index (χ2v) is 6.43. The molecule has 0 amide bonds. The van der Waals surface area contributed by atoms with Crippen LogP contribution in [0.5, 0.6) is 0 Å². The summed E-state index contributed by atoms with van der Waals surface area (Å²) in [6.07, 6.45) is 9.59. The first-order chi connectivity index (χ1) is 8.65. The maximum Gasteiger partial charge on any atom is 0.0246 e. The van der Waals surface area contributed by atoms with Crippen LogP contribution < -0.4 is 5.32 Å². The molecule has 108 valence electrons. The van der Waals surface area contributed by atoms with Crippen LogP contribution in [-0.2, 0) is 0 Å². The zero-order valence-corrected chi connectivity index (χ0v) is 13.0. The molecule has 0 aliphatic heterocycles. The lowest BCUT2D eigenvalue weighted by molar-refractivity contribution is 0.174. The van der Waals surface area contributed by atoms with Gasteiger partial charge in [-0.1, -0.05) is 40.0 Å². The van der Waals surface area contributed by atoms with E-state index in [4.69, 9.17) is 0 Å². The van der Waals surface area contributed by atoms with Gasteiger partial charge in [-0.2, -0.15) is 0 Å². The van der Waals surface area contributed by atoms with Gasteiger partial charge in [-0.25, -0.2) is 0 Å². The fourth-order valence-corrected chi connectivity index (χ4v) is 3.01. The Morgan fingerprint density at radius 2 is 1.89 bits per heavy atom. The zero-order chi connectivity index (χ0) is 13.4. The lowest BCUT2D eigenvalue weighted by atomic mass is 10.0. The van der Waals surface area contributed by atoms with E-state index >= 15 is 0 Å². The van der Waals surface area contributed by atoms with Crippen molar-refractivity contribution in [3.8, 4) is 0 Å². The molecule has 2 nitrogen and oxygen atoms in total. The Labute approximate surface area is 115 Å². The van der Waals surface area contributed by atoms with Crippen molar-refractivity contribution < 1.29 is 0 Å². The minimum atomic E-state index is 0.726. The van der Waals surface area contributed by atoms with Gasteiger partial charge in [-0.3, -0.25) is 0 Å². The number of rotatable bonds is 7. The monoisotopic (exact) mass is 254 g/mol. The summed E-state index contributed by atoms with van der Waals surface area (Å²) in [4.78, 5) is 2.62. The van der Waals surface area contributed by atoms with Crippen LogP contribution >= 0.6 is 0 Å². The molecule has 1 fully saturated rings. The van der Waals surface area contributed by atoms with Gasteiger partial charge in [-0.15, -0.1) is 0 Å². The molecule has 18 heavy (non-hydrogen) atoms. The van der Waals surface area contributed by atoms with Gasteiger partial charge in [0.05, 0.1) is 0 Å². The molecule has 0 aromatic carbocycles. The van der Waals surface area contributed by atoms with E-state index in [0.717, 1.165) is 18.0 Å². The smallest absolute Gasteiger partial charge is 0.0246 e. The molecule has 1 aliphatic carbocycles. The first kappa shape index (κ1) is 16.0. The van der Waals surface area contributed by atoms with Crippen molar-refractivity contribution in [2.45, 2.75) is 77.8 Å². The van der Waals surface area contributed by atoms with Crippen molar-refractivity contribution >= 4 is 0 Å². The van der Waals surface area contributed by atoms with Gasteiger partial charge >= 0.3 is 0 Å². The highest BCUT2D eigenvalue weighted by Crippen LogP contribution is 2.22. The van der Waals surface area contributed by atoms with Crippen LogP contribution in [0.2, 0.25) is 0 Å². The van der Waals surface area contributed by atoms with E-state index in [-0.39, 0.29) is 0 Å². The summed E-state index contributed by atoms with van der Waals surface area (Å²) < 4.78 is 0. The van der Waals surface area contributed by atoms with Crippen molar-refractivity contribution in [3.63, 3.8) is 0 Å². The average molecular weight is 254 g/mol. The molecule has 1 rings (SSSR count). The van der Waals surface area contributed by atoms with Gasteiger partial charge in [0.25, 0.3) is 0 Å². The van der Waals surface area contributed by atoms with Gasteiger partial charge in [0.1, 0.15) is 0 Å². The lowest BCUT2D eigenvalue weighted by Gasteiger charge is -2.34. The maximum atomic E-state index is 3.79. The van der Waals surface area contributed by atoms with E-state index < -0.39 is 0 Å². The van der Waals surface area contributed by atoms with Gasteiger partial charge in [0, 0.05) is 12.1 Å². The molecule has 0 aromatic rings. The standard InChI is InChI=1S/C16H34N2/c1-5-12-17-15-9-7-6-8-10-16(15)18(4)13-11-14(2)3/h14-17H,5-13H2,1-4H3. The van der Waals surface area contributed by atoms with E-state index in [1.807, 2.05) is 0 Å². The predicted octanol–water partition coefficient (Wildman–Crippen LogP) is 3.67. The molecule has 0 radical (unpaired) electrons. The number of hydrogen-bond acceptors (Lipinski definition) is 2. The second kappa shape index (κ2) is 8.92. The summed E-state index contributed by atoms with van der Waals surface area (Å²) in [5, 5.41) is 3.79. The SMILES string of the molecule is CCCNC1CCCCCC1N(C)CCC(C)C. The molecule has 1 N–H and O–H groups in total. The molecule has 2 atom stereocenters. The first-order valence-electron chi connectivity index (χ1n) is 8.08. The largest absolute Gasteiger partial charge is 0.312 e. The van der Waals surface area contributed by atoms with Crippen LogP contribution in [0.4, 0.5) is 0 Å². The fourth-order valence-electron chi connectivity index (χ4n) is 3.01. The van der Waals surface area contributed by atoms with Crippen LogP contribution in [0.25, 0.3) is 0 Å². The third-order valence-electron chi connectivity index (χ3n) is 4.26. The van der Waals surface area contributed by atoms with Crippen molar-refractivity contribution in [3.05, 3.63) is 0 Å². The number of nitrogens with one attached hydrogen (secondary N) is 1. The highest BCUT2D eigenvalue weighted by Gasteiger charge is 2.26. The van der Waals surface area contributed by atoms with Crippen molar-refractivity contribution in [2.24, 2.45) is 5.92 Å². The topological polar surface area (TPSA) is 15.3 Å². The number of likely N-dealkylation sites (N-methyl/N-ethyl adjacent to an activating group) is 1. The number of hydrogen-bond donors (Lipinski definition) is 1. The van der Waals surface area contributed by atoms with E-state index in [1.54, 1.807) is 0 Å². The van der Waals surface area contributed by atoms with Crippen molar-refractivity contribution in [1.29, 1.82) is 0 Å². The fraction of sp³-hybridized carbons (Fsp3) is 1.00.